The monoisotopic (exact) mass is 349 g/mol. The molecular formula is C16H23N5O2S. The van der Waals surface area contributed by atoms with Crippen LogP contribution in [0.1, 0.15) is 10.6 Å². The molecule has 1 fully saturated rings. The zero-order valence-corrected chi connectivity index (χ0v) is 15.2. The Balaban J connectivity index is 1.98. The van der Waals surface area contributed by atoms with E-state index in [4.69, 9.17) is 4.74 Å². The number of fused-ring (bicyclic) bond motifs is 1. The largest absolute Gasteiger partial charge is 0.463 e. The Bertz CT molecular complexity index is 706. The second-order valence-electron chi connectivity index (χ2n) is 6.09. The standard InChI is InChI=1S/C16H23N5O2S/c1-19-5-6-20(2)8-10-21(9-7-19)15-13-12(4-11-24-13)17-14(18-15)16(22)23-3/h4,11H,5-10H2,1-3H3. The van der Waals surface area contributed by atoms with E-state index in [9.17, 15) is 4.79 Å². The molecular weight excluding hydrogens is 326 g/mol. The maximum absolute atomic E-state index is 11.9. The van der Waals surface area contributed by atoms with Gasteiger partial charge in [0.05, 0.1) is 17.3 Å². The maximum Gasteiger partial charge on any atom is 0.376 e. The molecule has 2 aromatic heterocycles. The number of thiophene rings is 1. The van der Waals surface area contributed by atoms with Crippen molar-refractivity contribution in [2.24, 2.45) is 0 Å². The molecule has 8 heteroatoms. The van der Waals surface area contributed by atoms with Crippen LogP contribution in [-0.4, -0.2) is 86.2 Å². The van der Waals surface area contributed by atoms with Gasteiger partial charge in [0, 0.05) is 39.3 Å². The number of carbonyl (C=O) groups is 1. The van der Waals surface area contributed by atoms with Crippen LogP contribution in [0.2, 0.25) is 0 Å². The predicted molar refractivity (Wildman–Crippen MR) is 96.0 cm³/mol. The number of ether oxygens (including phenoxy) is 1. The number of hydrogen-bond donors (Lipinski definition) is 0. The molecule has 1 aliphatic heterocycles. The van der Waals surface area contributed by atoms with Crippen molar-refractivity contribution >= 4 is 33.3 Å². The van der Waals surface area contributed by atoms with Gasteiger partial charge in [-0.25, -0.2) is 14.8 Å². The Morgan fingerprint density at radius 2 is 1.71 bits per heavy atom. The van der Waals surface area contributed by atoms with Crippen LogP contribution >= 0.6 is 11.3 Å². The van der Waals surface area contributed by atoms with Gasteiger partial charge in [0.15, 0.2) is 5.82 Å². The van der Waals surface area contributed by atoms with E-state index in [1.807, 2.05) is 11.4 Å². The topological polar surface area (TPSA) is 61.8 Å². The quantitative estimate of drug-likeness (QED) is 0.754. The average Bonchev–Trinajstić information content (AvgIpc) is 3.08. The van der Waals surface area contributed by atoms with Crippen LogP contribution in [0.5, 0.6) is 0 Å². The van der Waals surface area contributed by atoms with Crippen LogP contribution in [0.4, 0.5) is 5.82 Å². The lowest BCUT2D eigenvalue weighted by Crippen LogP contribution is -2.35. The summed E-state index contributed by atoms with van der Waals surface area (Å²) in [4.78, 5) is 27.7. The number of esters is 1. The molecule has 0 radical (unpaired) electrons. The molecule has 0 amide bonds. The lowest BCUT2D eigenvalue weighted by atomic mass is 10.3. The van der Waals surface area contributed by atoms with Gasteiger partial charge in [-0.05, 0) is 25.5 Å². The Morgan fingerprint density at radius 3 is 2.33 bits per heavy atom. The van der Waals surface area contributed by atoms with Gasteiger partial charge in [-0.3, -0.25) is 0 Å². The van der Waals surface area contributed by atoms with E-state index in [0.717, 1.165) is 55.3 Å². The SMILES string of the molecule is COC(=O)c1nc(N2CCN(C)CCN(C)CC2)c2sccc2n1. The highest BCUT2D eigenvalue weighted by molar-refractivity contribution is 7.17. The van der Waals surface area contributed by atoms with Crippen LogP contribution in [0.25, 0.3) is 10.2 Å². The molecule has 24 heavy (non-hydrogen) atoms. The Morgan fingerprint density at radius 1 is 1.08 bits per heavy atom. The minimum Gasteiger partial charge on any atom is -0.463 e. The van der Waals surface area contributed by atoms with E-state index < -0.39 is 5.97 Å². The number of nitrogens with zero attached hydrogens (tertiary/aromatic N) is 5. The van der Waals surface area contributed by atoms with E-state index in [1.165, 1.54) is 7.11 Å². The molecule has 0 saturated carbocycles. The first-order chi connectivity index (χ1) is 11.6. The van der Waals surface area contributed by atoms with Gasteiger partial charge in [-0.15, -0.1) is 11.3 Å². The fraction of sp³-hybridized carbons (Fsp3) is 0.562. The third kappa shape index (κ3) is 3.66. The Hall–Kier alpha value is -1.77. The van der Waals surface area contributed by atoms with Crippen molar-refractivity contribution in [2.45, 2.75) is 0 Å². The number of aromatic nitrogens is 2. The van der Waals surface area contributed by atoms with E-state index in [1.54, 1.807) is 11.3 Å². The molecule has 7 nitrogen and oxygen atoms in total. The summed E-state index contributed by atoms with van der Waals surface area (Å²) in [6, 6.07) is 1.92. The zero-order valence-electron chi connectivity index (χ0n) is 14.4. The molecule has 0 aromatic carbocycles. The van der Waals surface area contributed by atoms with Crippen LogP contribution in [0.3, 0.4) is 0 Å². The third-order valence-electron chi connectivity index (χ3n) is 4.32. The summed E-state index contributed by atoms with van der Waals surface area (Å²) in [5, 5.41) is 1.98. The molecule has 1 aliphatic rings. The highest BCUT2D eigenvalue weighted by Crippen LogP contribution is 2.29. The summed E-state index contributed by atoms with van der Waals surface area (Å²) >= 11 is 1.61. The summed E-state index contributed by atoms with van der Waals surface area (Å²) in [5.74, 6) is 0.460. The minimum atomic E-state index is -0.497. The fourth-order valence-corrected chi connectivity index (χ4v) is 3.56. The molecule has 0 N–H and O–H groups in total. The minimum absolute atomic E-state index is 0.125. The predicted octanol–water partition coefficient (Wildman–Crippen LogP) is 1.16. The summed E-state index contributed by atoms with van der Waals surface area (Å²) in [6.45, 7) is 5.76. The Kier molecular flexibility index (Phi) is 5.27. The van der Waals surface area contributed by atoms with Crippen molar-refractivity contribution < 1.29 is 9.53 Å². The van der Waals surface area contributed by atoms with Crippen molar-refractivity contribution in [3.8, 4) is 0 Å². The lowest BCUT2D eigenvalue weighted by Gasteiger charge is -2.26. The van der Waals surface area contributed by atoms with Crippen LogP contribution in [-0.2, 0) is 4.74 Å². The molecule has 0 bridgehead atoms. The van der Waals surface area contributed by atoms with Crippen LogP contribution in [0.15, 0.2) is 11.4 Å². The molecule has 0 spiro atoms. The van der Waals surface area contributed by atoms with Crippen molar-refractivity contribution in [1.82, 2.24) is 19.8 Å². The maximum atomic E-state index is 11.9. The molecule has 130 valence electrons. The van der Waals surface area contributed by atoms with E-state index >= 15 is 0 Å². The molecule has 0 unspecified atom stereocenters. The van der Waals surface area contributed by atoms with Gasteiger partial charge >= 0.3 is 5.97 Å². The van der Waals surface area contributed by atoms with Gasteiger partial charge in [-0.2, -0.15) is 0 Å². The van der Waals surface area contributed by atoms with Gasteiger partial charge < -0.3 is 19.4 Å². The Labute approximate surface area is 145 Å². The second kappa shape index (κ2) is 7.42. The van der Waals surface area contributed by atoms with Gasteiger partial charge in [-0.1, -0.05) is 0 Å². The van der Waals surface area contributed by atoms with Gasteiger partial charge in [0.1, 0.15) is 0 Å². The lowest BCUT2D eigenvalue weighted by molar-refractivity contribution is 0.0587. The first-order valence-corrected chi connectivity index (χ1v) is 8.92. The highest BCUT2D eigenvalue weighted by Gasteiger charge is 2.21. The first kappa shape index (κ1) is 17.1. The summed E-state index contributed by atoms with van der Waals surface area (Å²) < 4.78 is 5.83. The summed E-state index contributed by atoms with van der Waals surface area (Å²) in [7, 11) is 5.63. The number of carbonyl (C=O) groups excluding carboxylic acids is 1. The van der Waals surface area contributed by atoms with Crippen molar-refractivity contribution in [3.05, 3.63) is 17.3 Å². The number of rotatable bonds is 2. The van der Waals surface area contributed by atoms with E-state index in [0.29, 0.717) is 0 Å². The second-order valence-corrected chi connectivity index (χ2v) is 7.01. The molecule has 2 aromatic rings. The van der Waals surface area contributed by atoms with Crippen molar-refractivity contribution in [3.63, 3.8) is 0 Å². The molecule has 0 aliphatic carbocycles. The molecule has 3 rings (SSSR count). The van der Waals surface area contributed by atoms with E-state index in [2.05, 4.69) is 38.8 Å². The average molecular weight is 349 g/mol. The smallest absolute Gasteiger partial charge is 0.376 e. The van der Waals surface area contributed by atoms with Crippen molar-refractivity contribution in [1.29, 1.82) is 0 Å². The summed E-state index contributed by atoms with van der Waals surface area (Å²) in [6.07, 6.45) is 0. The van der Waals surface area contributed by atoms with Gasteiger partial charge in [0.2, 0.25) is 5.82 Å². The number of anilines is 1. The number of hydrogen-bond acceptors (Lipinski definition) is 8. The fourth-order valence-electron chi connectivity index (χ4n) is 2.72. The zero-order chi connectivity index (χ0) is 17.1. The molecule has 1 saturated heterocycles. The van der Waals surface area contributed by atoms with Gasteiger partial charge in [0.25, 0.3) is 0 Å². The summed E-state index contributed by atoms with van der Waals surface area (Å²) in [5.41, 5.74) is 0.798. The normalized spacial score (nSPS) is 18.2. The number of likely N-dealkylation sites (N-methyl/N-ethyl adjacent to an activating group) is 2. The molecule has 0 atom stereocenters. The van der Waals surface area contributed by atoms with Crippen LogP contribution in [0, 0.1) is 0 Å². The van der Waals surface area contributed by atoms with E-state index in [-0.39, 0.29) is 5.82 Å². The number of methoxy groups -OCH3 is 1. The molecule has 3 heterocycles. The van der Waals surface area contributed by atoms with Crippen molar-refractivity contribution in [2.75, 3.05) is 65.4 Å². The third-order valence-corrected chi connectivity index (χ3v) is 5.22. The first-order valence-electron chi connectivity index (χ1n) is 8.04. The highest BCUT2D eigenvalue weighted by atomic mass is 32.1. The van der Waals surface area contributed by atoms with Crippen LogP contribution < -0.4 is 4.90 Å².